The number of carbonyl (C=O) groups excluding carboxylic acids is 2. The lowest BCUT2D eigenvalue weighted by Gasteiger charge is -2.35. The van der Waals surface area contributed by atoms with Crippen LogP contribution in [0.1, 0.15) is 43.2 Å². The highest BCUT2D eigenvalue weighted by molar-refractivity contribution is 6.13. The number of aryl methyl sites for hydroxylation is 1. The van der Waals surface area contributed by atoms with Crippen molar-refractivity contribution >= 4 is 23.1 Å². The maximum Gasteiger partial charge on any atom is 0.234 e. The Hall–Kier alpha value is -3.21. The van der Waals surface area contributed by atoms with Crippen LogP contribution >= 0.6 is 0 Å². The maximum absolute atomic E-state index is 13.5. The van der Waals surface area contributed by atoms with E-state index in [2.05, 4.69) is 5.32 Å². The molecule has 2 aliphatic rings. The Morgan fingerprint density at radius 1 is 1.07 bits per heavy atom. The van der Waals surface area contributed by atoms with Gasteiger partial charge in [0.1, 0.15) is 5.75 Å². The first-order chi connectivity index (χ1) is 14.5. The number of hydrogen-bond acceptors (Lipinski definition) is 4. The Kier molecular flexibility index (Phi) is 5.53. The molecule has 4 rings (SSSR count). The van der Waals surface area contributed by atoms with Gasteiger partial charge in [-0.1, -0.05) is 30.3 Å². The number of benzene rings is 2. The summed E-state index contributed by atoms with van der Waals surface area (Å²) in [5, 5.41) is 3.06. The monoisotopic (exact) mass is 402 g/mol. The van der Waals surface area contributed by atoms with Gasteiger partial charge in [0.2, 0.25) is 5.91 Å². The van der Waals surface area contributed by atoms with Crippen molar-refractivity contribution < 1.29 is 14.3 Å². The van der Waals surface area contributed by atoms with Crippen molar-refractivity contribution in [2.75, 3.05) is 12.4 Å². The Morgan fingerprint density at radius 2 is 1.80 bits per heavy atom. The Labute approximate surface area is 176 Å². The molecule has 0 radical (unpaired) electrons. The number of hydrogen-bond donors (Lipinski definition) is 1. The molecule has 1 amide bonds. The Morgan fingerprint density at radius 3 is 2.50 bits per heavy atom. The van der Waals surface area contributed by atoms with Crippen LogP contribution in [0.4, 0.5) is 5.69 Å². The number of ketones is 1. The highest BCUT2D eigenvalue weighted by Gasteiger charge is 2.42. The van der Waals surface area contributed by atoms with E-state index >= 15 is 0 Å². The number of Topliss-reactive ketones (excluding diaryl/α,β-unsaturated/α-hetero) is 1. The molecule has 5 heteroatoms. The first-order valence-electron chi connectivity index (χ1n) is 10.3. The van der Waals surface area contributed by atoms with Crippen molar-refractivity contribution in [3.8, 4) is 5.75 Å². The third-order valence-electron chi connectivity index (χ3n) is 5.99. The smallest absolute Gasteiger partial charge is 0.234 e. The summed E-state index contributed by atoms with van der Waals surface area (Å²) in [6.45, 7) is 3.85. The van der Waals surface area contributed by atoms with Crippen molar-refractivity contribution in [2.24, 2.45) is 10.9 Å². The third kappa shape index (κ3) is 3.67. The van der Waals surface area contributed by atoms with Gasteiger partial charge in [-0.05, 0) is 56.0 Å². The first-order valence-corrected chi connectivity index (χ1v) is 10.3. The molecule has 0 fully saturated rings. The average molecular weight is 402 g/mol. The highest BCUT2D eigenvalue weighted by atomic mass is 16.5. The minimum absolute atomic E-state index is 0.0991. The second-order valence-corrected chi connectivity index (χ2v) is 7.92. The van der Waals surface area contributed by atoms with Crippen molar-refractivity contribution in [3.63, 3.8) is 0 Å². The summed E-state index contributed by atoms with van der Waals surface area (Å²) in [6, 6.07) is 15.3. The summed E-state index contributed by atoms with van der Waals surface area (Å²) in [7, 11) is 1.62. The van der Waals surface area contributed by atoms with Crippen molar-refractivity contribution in [2.45, 2.75) is 39.0 Å². The van der Waals surface area contributed by atoms with Gasteiger partial charge in [-0.15, -0.1) is 0 Å². The van der Waals surface area contributed by atoms with E-state index in [1.54, 1.807) is 7.11 Å². The zero-order valence-electron chi connectivity index (χ0n) is 17.6. The number of nitrogens with one attached hydrogen (secondary N) is 1. The molecule has 0 aromatic heterocycles. The summed E-state index contributed by atoms with van der Waals surface area (Å²) in [5.41, 5.74) is 4.98. The van der Waals surface area contributed by atoms with E-state index in [4.69, 9.17) is 9.73 Å². The second kappa shape index (κ2) is 8.27. The number of aliphatic imine (C=N–C) groups is 1. The molecule has 0 spiro atoms. The van der Waals surface area contributed by atoms with Gasteiger partial charge in [0.05, 0.1) is 13.0 Å². The number of anilines is 1. The summed E-state index contributed by atoms with van der Waals surface area (Å²) < 4.78 is 5.29. The normalized spacial score (nSPS) is 21.0. The molecule has 0 saturated heterocycles. The molecule has 1 aliphatic heterocycles. The van der Waals surface area contributed by atoms with Crippen molar-refractivity contribution in [1.29, 1.82) is 0 Å². The van der Waals surface area contributed by atoms with Gasteiger partial charge in [0.25, 0.3) is 0 Å². The predicted molar refractivity (Wildman–Crippen MR) is 118 cm³/mol. The van der Waals surface area contributed by atoms with Gasteiger partial charge in [-0.2, -0.15) is 0 Å². The van der Waals surface area contributed by atoms with Gasteiger partial charge in [-0.3, -0.25) is 14.6 Å². The summed E-state index contributed by atoms with van der Waals surface area (Å²) in [5.74, 6) is -0.192. The van der Waals surface area contributed by atoms with E-state index in [1.807, 2.05) is 62.4 Å². The van der Waals surface area contributed by atoms with Crippen LogP contribution in [-0.4, -0.2) is 24.5 Å². The number of rotatable bonds is 4. The number of amides is 1. The van der Waals surface area contributed by atoms with E-state index in [9.17, 15) is 9.59 Å². The van der Waals surface area contributed by atoms with Crippen molar-refractivity contribution in [3.05, 3.63) is 70.9 Å². The SMILES string of the molecule is COc1ccc([C@@H]2C3=C(CCCC3=O)N=C(C)C2C(=O)Nc2ccccc2C)cc1. The zero-order valence-corrected chi connectivity index (χ0v) is 17.6. The summed E-state index contributed by atoms with van der Waals surface area (Å²) in [4.78, 5) is 31.1. The number of para-hydroxylation sites is 1. The van der Waals surface area contributed by atoms with E-state index in [0.29, 0.717) is 12.0 Å². The third-order valence-corrected chi connectivity index (χ3v) is 5.99. The van der Waals surface area contributed by atoms with Gasteiger partial charge < -0.3 is 10.1 Å². The largest absolute Gasteiger partial charge is 0.497 e. The molecule has 1 aliphatic carbocycles. The molecule has 2 aromatic rings. The fraction of sp³-hybridized carbons (Fsp3) is 0.320. The molecule has 0 saturated carbocycles. The standard InChI is InChI=1S/C25H26N2O3/c1-15-7-4-5-8-19(15)27-25(29)22-16(2)26-20-9-6-10-21(28)24(20)23(22)17-11-13-18(30-3)14-12-17/h4-5,7-8,11-14,22-23H,6,9-10H2,1-3H3,(H,27,29)/t22?,23-/m0/s1. The number of carbonyl (C=O) groups is 2. The van der Waals surface area contributed by atoms with Gasteiger partial charge >= 0.3 is 0 Å². The van der Waals surface area contributed by atoms with Crippen LogP contribution < -0.4 is 10.1 Å². The van der Waals surface area contributed by atoms with E-state index in [-0.39, 0.29) is 17.6 Å². The van der Waals surface area contributed by atoms with Crippen LogP contribution in [-0.2, 0) is 9.59 Å². The molecule has 2 atom stereocenters. The van der Waals surface area contributed by atoms with E-state index in [1.165, 1.54) is 0 Å². The van der Waals surface area contributed by atoms with Crippen LogP contribution in [0.15, 0.2) is 64.8 Å². The molecule has 1 unspecified atom stereocenters. The number of methoxy groups -OCH3 is 1. The molecular weight excluding hydrogens is 376 g/mol. The Balaban J connectivity index is 1.77. The molecule has 1 N–H and O–H groups in total. The zero-order chi connectivity index (χ0) is 21.3. The molecule has 154 valence electrons. The molecule has 2 aromatic carbocycles. The highest BCUT2D eigenvalue weighted by Crippen LogP contribution is 2.43. The summed E-state index contributed by atoms with van der Waals surface area (Å²) in [6.07, 6.45) is 2.09. The number of allylic oxidation sites excluding steroid dienone is 2. The molecule has 30 heavy (non-hydrogen) atoms. The second-order valence-electron chi connectivity index (χ2n) is 7.92. The maximum atomic E-state index is 13.5. The quantitative estimate of drug-likeness (QED) is 0.797. The van der Waals surface area contributed by atoms with Crippen LogP contribution in [0.3, 0.4) is 0 Å². The lowest BCUT2D eigenvalue weighted by molar-refractivity contribution is -0.119. The minimum atomic E-state index is -0.543. The lowest BCUT2D eigenvalue weighted by Crippen LogP contribution is -2.39. The lowest BCUT2D eigenvalue weighted by atomic mass is 9.71. The van der Waals surface area contributed by atoms with Crippen molar-refractivity contribution in [1.82, 2.24) is 0 Å². The first kappa shape index (κ1) is 20.1. The van der Waals surface area contributed by atoms with Gasteiger partial charge in [0.15, 0.2) is 5.78 Å². The van der Waals surface area contributed by atoms with Crippen LogP contribution in [0.2, 0.25) is 0 Å². The fourth-order valence-corrected chi connectivity index (χ4v) is 4.44. The topological polar surface area (TPSA) is 67.8 Å². The van der Waals surface area contributed by atoms with Crippen LogP contribution in [0.5, 0.6) is 5.75 Å². The van der Waals surface area contributed by atoms with Crippen LogP contribution in [0.25, 0.3) is 0 Å². The fourth-order valence-electron chi connectivity index (χ4n) is 4.44. The molecular formula is C25H26N2O3. The Bertz CT molecular complexity index is 1050. The predicted octanol–water partition coefficient (Wildman–Crippen LogP) is 4.82. The van der Waals surface area contributed by atoms with Gasteiger partial charge in [0, 0.05) is 35.0 Å². The van der Waals surface area contributed by atoms with E-state index in [0.717, 1.165) is 46.8 Å². The minimum Gasteiger partial charge on any atom is -0.497 e. The van der Waals surface area contributed by atoms with Crippen LogP contribution in [0, 0.1) is 12.8 Å². The van der Waals surface area contributed by atoms with E-state index < -0.39 is 5.92 Å². The molecule has 0 bridgehead atoms. The summed E-state index contributed by atoms with van der Waals surface area (Å²) >= 11 is 0. The van der Waals surface area contributed by atoms with Gasteiger partial charge in [-0.25, -0.2) is 0 Å². The number of nitrogens with zero attached hydrogens (tertiary/aromatic N) is 1. The number of ether oxygens (including phenoxy) is 1. The molecule has 1 heterocycles. The molecule has 5 nitrogen and oxygen atoms in total. The average Bonchev–Trinajstić information content (AvgIpc) is 2.74.